The quantitative estimate of drug-likeness (QED) is 0.294. The number of ether oxygens (including phenoxy) is 1. The average molecular weight is 422 g/mol. The maximum Gasteiger partial charge on any atom is 0.339 e. The lowest BCUT2D eigenvalue weighted by atomic mass is 10.0. The Morgan fingerprint density at radius 2 is 1.86 bits per heavy atom. The first kappa shape index (κ1) is 19.3. The monoisotopic (exact) mass is 421 g/mol. The Balaban J connectivity index is 1.71. The molecule has 0 fully saturated rings. The topological polar surface area (TPSA) is 56.3 Å². The third-order valence-corrected chi connectivity index (χ3v) is 5.89. The van der Waals surface area contributed by atoms with Crippen molar-refractivity contribution < 1.29 is 14.3 Å². The number of hydrogen-bond donors (Lipinski definition) is 0. The fourth-order valence-electron chi connectivity index (χ4n) is 3.04. The molecule has 144 valence electrons. The molecule has 0 aliphatic rings. The van der Waals surface area contributed by atoms with Gasteiger partial charge in [-0.05, 0) is 36.1 Å². The molecular formula is C23H16ClNO3S. The number of carbonyl (C=O) groups is 2. The van der Waals surface area contributed by atoms with Crippen LogP contribution in [0.15, 0.2) is 66.0 Å². The van der Waals surface area contributed by atoms with Gasteiger partial charge < -0.3 is 4.74 Å². The van der Waals surface area contributed by atoms with Gasteiger partial charge in [0, 0.05) is 16.0 Å². The molecule has 2 aromatic carbocycles. The summed E-state index contributed by atoms with van der Waals surface area (Å²) in [5.41, 5.74) is 2.96. The summed E-state index contributed by atoms with van der Waals surface area (Å²) in [6, 6.07) is 17.8. The molecule has 0 amide bonds. The minimum absolute atomic E-state index is 0.255. The fraction of sp³-hybridized carbons (Fsp3) is 0.0870. The molecule has 4 nitrogen and oxygen atoms in total. The maximum absolute atomic E-state index is 12.9. The molecule has 0 atom stereocenters. The molecule has 6 heteroatoms. The summed E-state index contributed by atoms with van der Waals surface area (Å²) in [5, 5.41) is 3.17. The number of aromatic nitrogens is 1. The Bertz CT molecular complexity index is 1200. The van der Waals surface area contributed by atoms with Crippen LogP contribution in [0.3, 0.4) is 0 Å². The summed E-state index contributed by atoms with van der Waals surface area (Å²) in [4.78, 5) is 30.8. The van der Waals surface area contributed by atoms with Gasteiger partial charge in [-0.2, -0.15) is 0 Å². The van der Waals surface area contributed by atoms with Crippen molar-refractivity contribution >= 4 is 45.6 Å². The number of hydrogen-bond acceptors (Lipinski definition) is 5. The minimum Gasteiger partial charge on any atom is -0.454 e. The summed E-state index contributed by atoms with van der Waals surface area (Å²) in [5.74, 6) is -0.823. The van der Waals surface area contributed by atoms with Crippen LogP contribution < -0.4 is 0 Å². The maximum atomic E-state index is 12.9. The number of esters is 1. The number of rotatable bonds is 5. The van der Waals surface area contributed by atoms with Crippen LogP contribution >= 0.6 is 22.9 Å². The number of nitrogens with zero attached hydrogens (tertiary/aromatic N) is 1. The lowest BCUT2D eigenvalue weighted by Gasteiger charge is -2.11. The summed E-state index contributed by atoms with van der Waals surface area (Å²) >= 11 is 7.80. The van der Waals surface area contributed by atoms with Gasteiger partial charge in [0.2, 0.25) is 0 Å². The molecule has 4 rings (SSSR count). The molecule has 4 aromatic rings. The van der Waals surface area contributed by atoms with Gasteiger partial charge in [0.05, 0.1) is 21.7 Å². The normalized spacial score (nSPS) is 10.8. The molecule has 0 unspecified atom stereocenters. The van der Waals surface area contributed by atoms with Gasteiger partial charge in [-0.1, -0.05) is 54.1 Å². The molecule has 0 N–H and O–H groups in total. The van der Waals surface area contributed by atoms with Crippen molar-refractivity contribution in [3.63, 3.8) is 0 Å². The van der Waals surface area contributed by atoms with Gasteiger partial charge in [0.15, 0.2) is 12.4 Å². The van der Waals surface area contributed by atoms with Crippen molar-refractivity contribution in [2.45, 2.75) is 6.92 Å². The van der Waals surface area contributed by atoms with E-state index in [4.69, 9.17) is 21.3 Å². The van der Waals surface area contributed by atoms with Crippen molar-refractivity contribution in [2.75, 3.05) is 6.61 Å². The van der Waals surface area contributed by atoms with E-state index in [9.17, 15) is 9.59 Å². The van der Waals surface area contributed by atoms with Crippen LogP contribution in [0.2, 0.25) is 5.02 Å². The van der Waals surface area contributed by atoms with Crippen LogP contribution in [-0.2, 0) is 4.74 Å². The number of aryl methyl sites for hydroxylation is 1. The first-order valence-corrected chi connectivity index (χ1v) is 10.2. The van der Waals surface area contributed by atoms with E-state index < -0.39 is 5.97 Å². The highest BCUT2D eigenvalue weighted by Crippen LogP contribution is 2.32. The van der Waals surface area contributed by atoms with E-state index in [0.717, 1.165) is 10.4 Å². The Morgan fingerprint density at radius 3 is 2.59 bits per heavy atom. The lowest BCUT2D eigenvalue weighted by Crippen LogP contribution is -2.15. The Hall–Kier alpha value is -3.02. The van der Waals surface area contributed by atoms with Crippen LogP contribution in [-0.4, -0.2) is 23.3 Å². The Kier molecular flexibility index (Phi) is 5.43. The molecule has 0 aliphatic carbocycles. The number of Topliss-reactive ketones (excluding diaryl/α,β-unsaturated/α-hetero) is 1. The number of thiophene rings is 1. The van der Waals surface area contributed by atoms with Crippen molar-refractivity contribution in [1.29, 1.82) is 0 Å². The van der Waals surface area contributed by atoms with Gasteiger partial charge in [-0.15, -0.1) is 11.3 Å². The van der Waals surface area contributed by atoms with E-state index in [0.29, 0.717) is 32.7 Å². The second kappa shape index (κ2) is 8.15. The van der Waals surface area contributed by atoms with E-state index in [1.165, 1.54) is 11.3 Å². The molecule has 0 radical (unpaired) electrons. The van der Waals surface area contributed by atoms with Crippen LogP contribution in [0.1, 0.15) is 26.3 Å². The number of carbonyl (C=O) groups excluding carboxylic acids is 2. The Labute approximate surface area is 176 Å². The zero-order chi connectivity index (χ0) is 20.4. The van der Waals surface area contributed by atoms with E-state index in [1.54, 1.807) is 42.5 Å². The highest BCUT2D eigenvalue weighted by Gasteiger charge is 2.19. The van der Waals surface area contributed by atoms with E-state index in [2.05, 4.69) is 0 Å². The third-order valence-electron chi connectivity index (χ3n) is 4.59. The van der Waals surface area contributed by atoms with Crippen LogP contribution in [0, 0.1) is 6.92 Å². The molecule has 0 saturated heterocycles. The molecular weight excluding hydrogens is 406 g/mol. The molecule has 0 saturated carbocycles. The summed E-state index contributed by atoms with van der Waals surface area (Å²) < 4.78 is 5.35. The van der Waals surface area contributed by atoms with Gasteiger partial charge in [0.25, 0.3) is 0 Å². The molecule has 0 spiro atoms. The number of pyridine rings is 1. The second-order valence-electron chi connectivity index (χ2n) is 6.47. The van der Waals surface area contributed by atoms with Gasteiger partial charge in [-0.25, -0.2) is 9.78 Å². The second-order valence-corrected chi connectivity index (χ2v) is 7.82. The Morgan fingerprint density at radius 1 is 1.07 bits per heavy atom. The number of ketones is 1. The van der Waals surface area contributed by atoms with Crippen LogP contribution in [0.4, 0.5) is 0 Å². The molecule has 2 heterocycles. The van der Waals surface area contributed by atoms with Crippen molar-refractivity contribution in [2.24, 2.45) is 0 Å². The number of fused-ring (bicyclic) bond motifs is 1. The minimum atomic E-state index is -0.568. The average Bonchev–Trinajstić information content (AvgIpc) is 3.29. The highest BCUT2D eigenvalue weighted by molar-refractivity contribution is 7.13. The van der Waals surface area contributed by atoms with E-state index >= 15 is 0 Å². The van der Waals surface area contributed by atoms with Crippen LogP contribution in [0.25, 0.3) is 21.5 Å². The zero-order valence-electron chi connectivity index (χ0n) is 15.5. The zero-order valence-corrected chi connectivity index (χ0v) is 17.1. The lowest BCUT2D eigenvalue weighted by molar-refractivity contribution is 0.0476. The molecule has 0 bridgehead atoms. The first-order valence-electron chi connectivity index (χ1n) is 8.93. The largest absolute Gasteiger partial charge is 0.454 e. The molecule has 0 aliphatic heterocycles. The number of benzene rings is 2. The standard InChI is InChI=1S/C23H16ClNO3S/c1-14-18(24)10-9-16-17(12-19(25-22(14)16)21-8-5-11-29-21)23(27)28-13-20(26)15-6-3-2-4-7-15/h2-12H,13H2,1H3. The number of halogens is 1. The fourth-order valence-corrected chi connectivity index (χ4v) is 3.88. The SMILES string of the molecule is Cc1c(Cl)ccc2c(C(=O)OCC(=O)c3ccccc3)cc(-c3cccs3)nc12. The van der Waals surface area contributed by atoms with Gasteiger partial charge in [0.1, 0.15) is 0 Å². The van der Waals surface area contributed by atoms with Gasteiger partial charge in [-0.3, -0.25) is 4.79 Å². The summed E-state index contributed by atoms with van der Waals surface area (Å²) in [7, 11) is 0. The molecule has 2 aromatic heterocycles. The smallest absolute Gasteiger partial charge is 0.339 e. The molecule has 29 heavy (non-hydrogen) atoms. The van der Waals surface area contributed by atoms with Crippen molar-refractivity contribution in [3.05, 3.63) is 87.8 Å². The van der Waals surface area contributed by atoms with Crippen molar-refractivity contribution in [1.82, 2.24) is 4.98 Å². The van der Waals surface area contributed by atoms with Crippen LogP contribution in [0.5, 0.6) is 0 Å². The van der Waals surface area contributed by atoms with Crippen molar-refractivity contribution in [3.8, 4) is 10.6 Å². The predicted octanol–water partition coefficient (Wildman–Crippen LogP) is 5.96. The third kappa shape index (κ3) is 3.92. The summed E-state index contributed by atoms with van der Waals surface area (Å²) in [6.45, 7) is 1.54. The highest BCUT2D eigenvalue weighted by atomic mass is 35.5. The van der Waals surface area contributed by atoms with Gasteiger partial charge >= 0.3 is 5.97 Å². The van der Waals surface area contributed by atoms with E-state index in [-0.39, 0.29) is 12.4 Å². The van der Waals surface area contributed by atoms with E-state index in [1.807, 2.05) is 30.5 Å². The summed E-state index contributed by atoms with van der Waals surface area (Å²) in [6.07, 6.45) is 0. The predicted molar refractivity (Wildman–Crippen MR) is 116 cm³/mol. The first-order chi connectivity index (χ1) is 14.0.